The van der Waals surface area contributed by atoms with Crippen LogP contribution in [0.15, 0.2) is 103 Å². The van der Waals surface area contributed by atoms with Crippen molar-refractivity contribution in [1.29, 1.82) is 0 Å². The Kier molecular flexibility index (Phi) is 5.25. The second kappa shape index (κ2) is 8.14. The van der Waals surface area contributed by atoms with E-state index in [2.05, 4.69) is 116 Å². The highest BCUT2D eigenvalue weighted by atomic mass is 14.9. The Morgan fingerprint density at radius 1 is 0.500 bits per heavy atom. The van der Waals surface area contributed by atoms with E-state index in [4.69, 9.17) is 0 Å². The minimum absolute atomic E-state index is 0.511. The maximum absolute atomic E-state index is 3.50. The molecule has 4 aromatic carbocycles. The maximum Gasteiger partial charge on any atom is 0.0384 e. The van der Waals surface area contributed by atoms with Crippen LogP contribution < -0.4 is 5.32 Å². The van der Waals surface area contributed by atoms with Crippen molar-refractivity contribution in [2.75, 3.05) is 5.32 Å². The molecule has 0 aliphatic heterocycles. The summed E-state index contributed by atoms with van der Waals surface area (Å²) in [7, 11) is 0. The van der Waals surface area contributed by atoms with Gasteiger partial charge >= 0.3 is 0 Å². The summed E-state index contributed by atoms with van der Waals surface area (Å²) in [5.74, 6) is 0.511. The fourth-order valence-electron chi connectivity index (χ4n) is 3.54. The molecule has 0 aliphatic rings. The topological polar surface area (TPSA) is 12.0 Å². The molecule has 0 amide bonds. The molecule has 0 bridgehead atoms. The molecule has 28 heavy (non-hydrogen) atoms. The van der Waals surface area contributed by atoms with Crippen molar-refractivity contribution in [3.63, 3.8) is 0 Å². The number of benzene rings is 4. The molecular weight excluding hydrogens is 338 g/mol. The number of hydrogen-bond acceptors (Lipinski definition) is 1. The van der Waals surface area contributed by atoms with Crippen molar-refractivity contribution in [1.82, 2.24) is 0 Å². The van der Waals surface area contributed by atoms with Crippen molar-refractivity contribution >= 4 is 11.4 Å². The Hall–Kier alpha value is -3.32. The van der Waals surface area contributed by atoms with Crippen LogP contribution in [0.4, 0.5) is 11.4 Å². The molecule has 1 heteroatoms. The number of nitrogens with one attached hydrogen (secondary N) is 1. The van der Waals surface area contributed by atoms with Crippen LogP contribution in [0.1, 0.15) is 25.3 Å². The molecule has 0 spiro atoms. The van der Waals surface area contributed by atoms with Crippen LogP contribution >= 0.6 is 0 Å². The zero-order valence-corrected chi connectivity index (χ0v) is 16.4. The van der Waals surface area contributed by atoms with Crippen LogP contribution in [0.25, 0.3) is 22.3 Å². The van der Waals surface area contributed by atoms with Crippen molar-refractivity contribution in [2.24, 2.45) is 0 Å². The molecular formula is C27H25N. The first-order valence-electron chi connectivity index (χ1n) is 9.82. The standard InChI is InChI=1S/C27H25N/c1-20(2)26-10-6-7-11-27(26)23-14-18-25(19-15-23)28-24-16-12-22(13-17-24)21-8-4-3-5-9-21/h3-20,28H,1-2H3. The van der Waals surface area contributed by atoms with E-state index in [9.17, 15) is 0 Å². The predicted octanol–water partition coefficient (Wildman–Crippen LogP) is 7.89. The summed E-state index contributed by atoms with van der Waals surface area (Å²) in [6.45, 7) is 4.49. The molecule has 0 unspecified atom stereocenters. The fourth-order valence-corrected chi connectivity index (χ4v) is 3.54. The van der Waals surface area contributed by atoms with Gasteiger partial charge in [0.25, 0.3) is 0 Å². The smallest absolute Gasteiger partial charge is 0.0384 e. The van der Waals surface area contributed by atoms with Gasteiger partial charge in [0.15, 0.2) is 0 Å². The van der Waals surface area contributed by atoms with E-state index in [0.717, 1.165) is 11.4 Å². The maximum atomic E-state index is 3.50. The normalized spacial score (nSPS) is 10.8. The molecule has 0 radical (unpaired) electrons. The Morgan fingerprint density at radius 3 is 1.61 bits per heavy atom. The fraction of sp³-hybridized carbons (Fsp3) is 0.111. The van der Waals surface area contributed by atoms with Gasteiger partial charge in [-0.25, -0.2) is 0 Å². The Morgan fingerprint density at radius 2 is 1.00 bits per heavy atom. The zero-order valence-electron chi connectivity index (χ0n) is 16.4. The van der Waals surface area contributed by atoms with Gasteiger partial charge in [0, 0.05) is 11.4 Å². The number of anilines is 2. The first-order valence-corrected chi connectivity index (χ1v) is 9.82. The van der Waals surface area contributed by atoms with Crippen LogP contribution in [0, 0.1) is 0 Å². The van der Waals surface area contributed by atoms with Crippen LogP contribution in [-0.4, -0.2) is 0 Å². The van der Waals surface area contributed by atoms with Crippen LogP contribution in [0.5, 0.6) is 0 Å². The van der Waals surface area contributed by atoms with Gasteiger partial charge in [0.2, 0.25) is 0 Å². The summed E-state index contributed by atoms with van der Waals surface area (Å²) in [5.41, 5.74) is 8.62. The highest BCUT2D eigenvalue weighted by molar-refractivity contribution is 5.72. The summed E-state index contributed by atoms with van der Waals surface area (Å²) in [6.07, 6.45) is 0. The molecule has 1 N–H and O–H groups in total. The minimum Gasteiger partial charge on any atom is -0.356 e. The molecule has 0 heterocycles. The second-order valence-electron chi connectivity index (χ2n) is 7.39. The third-order valence-electron chi connectivity index (χ3n) is 5.06. The minimum atomic E-state index is 0.511. The molecule has 138 valence electrons. The van der Waals surface area contributed by atoms with Crippen molar-refractivity contribution < 1.29 is 0 Å². The largest absolute Gasteiger partial charge is 0.356 e. The number of rotatable bonds is 5. The van der Waals surface area contributed by atoms with Crippen LogP contribution in [0.2, 0.25) is 0 Å². The highest BCUT2D eigenvalue weighted by Crippen LogP contribution is 2.30. The third kappa shape index (κ3) is 3.99. The van der Waals surface area contributed by atoms with E-state index in [0.29, 0.717) is 5.92 Å². The van der Waals surface area contributed by atoms with Gasteiger partial charge in [-0.15, -0.1) is 0 Å². The van der Waals surface area contributed by atoms with E-state index >= 15 is 0 Å². The third-order valence-corrected chi connectivity index (χ3v) is 5.06. The average molecular weight is 364 g/mol. The first kappa shape index (κ1) is 18.1. The summed E-state index contributed by atoms with van der Waals surface area (Å²) >= 11 is 0. The van der Waals surface area contributed by atoms with Crippen LogP contribution in [0.3, 0.4) is 0 Å². The molecule has 0 saturated carbocycles. The van der Waals surface area contributed by atoms with Crippen molar-refractivity contribution in [3.8, 4) is 22.3 Å². The van der Waals surface area contributed by atoms with E-state index in [1.807, 2.05) is 6.07 Å². The molecule has 0 aromatic heterocycles. The van der Waals surface area contributed by atoms with Gasteiger partial charge < -0.3 is 5.32 Å². The molecule has 0 atom stereocenters. The van der Waals surface area contributed by atoms with E-state index < -0.39 is 0 Å². The highest BCUT2D eigenvalue weighted by Gasteiger charge is 2.07. The summed E-state index contributed by atoms with van der Waals surface area (Å²) < 4.78 is 0. The molecule has 0 saturated heterocycles. The molecule has 1 nitrogen and oxygen atoms in total. The molecule has 0 aliphatic carbocycles. The van der Waals surface area contributed by atoms with Gasteiger partial charge in [-0.05, 0) is 58.0 Å². The lowest BCUT2D eigenvalue weighted by Crippen LogP contribution is -1.93. The van der Waals surface area contributed by atoms with Crippen molar-refractivity contribution in [3.05, 3.63) is 109 Å². The van der Waals surface area contributed by atoms with Gasteiger partial charge in [0.1, 0.15) is 0 Å². The van der Waals surface area contributed by atoms with Gasteiger partial charge in [-0.3, -0.25) is 0 Å². The van der Waals surface area contributed by atoms with E-state index in [1.165, 1.54) is 27.8 Å². The lowest BCUT2D eigenvalue weighted by atomic mass is 9.92. The zero-order chi connectivity index (χ0) is 19.3. The Balaban J connectivity index is 1.51. The second-order valence-corrected chi connectivity index (χ2v) is 7.39. The Labute approximate surface area is 167 Å². The number of hydrogen-bond donors (Lipinski definition) is 1. The molecule has 4 rings (SSSR count). The average Bonchev–Trinajstić information content (AvgIpc) is 2.75. The predicted molar refractivity (Wildman–Crippen MR) is 121 cm³/mol. The summed E-state index contributed by atoms with van der Waals surface area (Å²) in [5, 5.41) is 3.50. The van der Waals surface area contributed by atoms with Crippen molar-refractivity contribution in [2.45, 2.75) is 19.8 Å². The Bertz CT molecular complexity index is 1030. The van der Waals surface area contributed by atoms with E-state index in [-0.39, 0.29) is 0 Å². The summed E-state index contributed by atoms with van der Waals surface area (Å²) in [6, 6.07) is 36.4. The quantitative estimate of drug-likeness (QED) is 0.380. The van der Waals surface area contributed by atoms with E-state index in [1.54, 1.807) is 0 Å². The first-order chi connectivity index (χ1) is 13.7. The summed E-state index contributed by atoms with van der Waals surface area (Å²) in [4.78, 5) is 0. The molecule has 0 fully saturated rings. The SMILES string of the molecule is CC(C)c1ccccc1-c1ccc(Nc2ccc(-c3ccccc3)cc2)cc1. The molecule has 4 aromatic rings. The van der Waals surface area contributed by atoms with Gasteiger partial charge in [-0.2, -0.15) is 0 Å². The lowest BCUT2D eigenvalue weighted by molar-refractivity contribution is 0.869. The lowest BCUT2D eigenvalue weighted by Gasteiger charge is -2.14. The van der Waals surface area contributed by atoms with Gasteiger partial charge in [-0.1, -0.05) is 92.7 Å². The van der Waals surface area contributed by atoms with Gasteiger partial charge in [0.05, 0.1) is 0 Å². The monoisotopic (exact) mass is 363 g/mol. The van der Waals surface area contributed by atoms with Crippen LogP contribution in [-0.2, 0) is 0 Å².